The molecular formula is C6H10N2O. The van der Waals surface area contributed by atoms with E-state index >= 15 is 0 Å². The third-order valence-corrected chi connectivity index (χ3v) is 1.12. The molecule has 0 fully saturated rings. The van der Waals surface area contributed by atoms with Crippen LogP contribution in [0, 0.1) is 0 Å². The average Bonchev–Trinajstić information content (AvgIpc) is 2.34. The Morgan fingerprint density at radius 3 is 3.22 bits per heavy atom. The molecule has 0 atom stereocenters. The van der Waals surface area contributed by atoms with E-state index < -0.39 is 0 Å². The summed E-state index contributed by atoms with van der Waals surface area (Å²) in [5.41, 5.74) is 1.00. The Bertz CT molecular complexity index is 148. The minimum Gasteiger partial charge on any atom is -0.365 e. The molecule has 0 aliphatic rings. The minimum absolute atomic E-state index is 0.938. The van der Waals surface area contributed by atoms with Gasteiger partial charge in [-0.15, -0.1) is 0 Å². The molecule has 1 heterocycles. The monoisotopic (exact) mass is 126 g/mol. The van der Waals surface area contributed by atoms with Crippen LogP contribution in [0.15, 0.2) is 16.9 Å². The fraction of sp³-hybridized carbons (Fsp3) is 0.500. The molecular weight excluding hydrogens is 116 g/mol. The molecule has 9 heavy (non-hydrogen) atoms. The smallest absolute Gasteiger partial charge is 0.124 e. The van der Waals surface area contributed by atoms with Crippen LogP contribution < -0.4 is 5.32 Å². The molecule has 1 N–H and O–H groups in total. The Balaban J connectivity index is 2.30. The Hall–Kier alpha value is -0.830. The van der Waals surface area contributed by atoms with Crippen molar-refractivity contribution in [2.45, 2.75) is 6.42 Å². The first kappa shape index (κ1) is 6.29. The highest BCUT2D eigenvalue weighted by Crippen LogP contribution is 1.92. The lowest BCUT2D eigenvalue weighted by molar-refractivity contribution is 0.411. The summed E-state index contributed by atoms with van der Waals surface area (Å²) in [5.74, 6) is 0. The first-order chi connectivity index (χ1) is 4.43. The molecule has 0 radical (unpaired) electrons. The molecule has 0 aromatic carbocycles. The van der Waals surface area contributed by atoms with Crippen LogP contribution in [0.5, 0.6) is 0 Å². The van der Waals surface area contributed by atoms with Gasteiger partial charge in [0.05, 0.1) is 5.69 Å². The van der Waals surface area contributed by atoms with Crippen molar-refractivity contribution in [3.05, 3.63) is 18.0 Å². The van der Waals surface area contributed by atoms with Crippen LogP contribution in [-0.2, 0) is 6.42 Å². The van der Waals surface area contributed by atoms with E-state index in [-0.39, 0.29) is 0 Å². The van der Waals surface area contributed by atoms with Crippen molar-refractivity contribution in [2.75, 3.05) is 13.6 Å². The van der Waals surface area contributed by atoms with Gasteiger partial charge < -0.3 is 9.84 Å². The van der Waals surface area contributed by atoms with Crippen LogP contribution in [0.1, 0.15) is 5.69 Å². The van der Waals surface area contributed by atoms with Gasteiger partial charge in [-0.05, 0) is 7.05 Å². The lowest BCUT2D eigenvalue weighted by Gasteiger charge is -1.90. The number of likely N-dealkylation sites (N-methyl/N-ethyl adjacent to an activating group) is 1. The lowest BCUT2D eigenvalue weighted by atomic mass is 10.3. The van der Waals surface area contributed by atoms with E-state index in [1.165, 1.54) is 0 Å². The van der Waals surface area contributed by atoms with Gasteiger partial charge in [0, 0.05) is 19.0 Å². The summed E-state index contributed by atoms with van der Waals surface area (Å²) >= 11 is 0. The Morgan fingerprint density at radius 1 is 1.78 bits per heavy atom. The average molecular weight is 126 g/mol. The SMILES string of the molecule is CNCCc1ccon1. The highest BCUT2D eigenvalue weighted by Gasteiger charge is 1.92. The van der Waals surface area contributed by atoms with Crippen molar-refractivity contribution in [1.82, 2.24) is 10.5 Å². The van der Waals surface area contributed by atoms with Crippen molar-refractivity contribution < 1.29 is 4.52 Å². The van der Waals surface area contributed by atoms with E-state index in [2.05, 4.69) is 15.0 Å². The van der Waals surface area contributed by atoms with Gasteiger partial charge in [0.15, 0.2) is 0 Å². The third-order valence-electron chi connectivity index (χ3n) is 1.12. The highest BCUT2D eigenvalue weighted by molar-refractivity contribution is 4.95. The van der Waals surface area contributed by atoms with Crippen LogP contribution in [-0.4, -0.2) is 18.7 Å². The van der Waals surface area contributed by atoms with Crippen molar-refractivity contribution >= 4 is 0 Å². The molecule has 0 spiro atoms. The van der Waals surface area contributed by atoms with E-state index in [0.29, 0.717) is 0 Å². The number of nitrogens with one attached hydrogen (secondary N) is 1. The van der Waals surface area contributed by atoms with E-state index in [1.54, 1.807) is 6.26 Å². The second-order valence-electron chi connectivity index (χ2n) is 1.84. The second kappa shape index (κ2) is 3.25. The van der Waals surface area contributed by atoms with E-state index in [4.69, 9.17) is 0 Å². The molecule has 0 unspecified atom stereocenters. The van der Waals surface area contributed by atoms with Crippen LogP contribution in [0.2, 0.25) is 0 Å². The zero-order valence-corrected chi connectivity index (χ0v) is 5.42. The number of hydrogen-bond acceptors (Lipinski definition) is 3. The summed E-state index contributed by atoms with van der Waals surface area (Å²) < 4.78 is 4.63. The van der Waals surface area contributed by atoms with Crippen molar-refractivity contribution in [1.29, 1.82) is 0 Å². The predicted molar refractivity (Wildman–Crippen MR) is 34.1 cm³/mol. The highest BCUT2D eigenvalue weighted by atomic mass is 16.5. The van der Waals surface area contributed by atoms with Crippen molar-refractivity contribution in [2.24, 2.45) is 0 Å². The van der Waals surface area contributed by atoms with E-state index in [1.807, 2.05) is 13.1 Å². The molecule has 0 saturated carbocycles. The molecule has 50 valence electrons. The van der Waals surface area contributed by atoms with Crippen LogP contribution >= 0.6 is 0 Å². The molecule has 3 heteroatoms. The van der Waals surface area contributed by atoms with Crippen molar-refractivity contribution in [3.8, 4) is 0 Å². The third kappa shape index (κ3) is 1.85. The van der Waals surface area contributed by atoms with Gasteiger partial charge in [0.1, 0.15) is 6.26 Å². The zero-order chi connectivity index (χ0) is 6.53. The molecule has 1 rings (SSSR count). The molecule has 1 aromatic heterocycles. The van der Waals surface area contributed by atoms with Crippen LogP contribution in [0.4, 0.5) is 0 Å². The quantitative estimate of drug-likeness (QED) is 0.638. The number of aromatic nitrogens is 1. The minimum atomic E-state index is 0.938. The van der Waals surface area contributed by atoms with E-state index in [0.717, 1.165) is 18.7 Å². The van der Waals surface area contributed by atoms with Crippen molar-refractivity contribution in [3.63, 3.8) is 0 Å². The lowest BCUT2D eigenvalue weighted by Crippen LogP contribution is -2.10. The number of rotatable bonds is 3. The first-order valence-corrected chi connectivity index (χ1v) is 2.97. The molecule has 0 bridgehead atoms. The summed E-state index contributed by atoms with van der Waals surface area (Å²) in [4.78, 5) is 0. The van der Waals surface area contributed by atoms with Gasteiger partial charge in [-0.2, -0.15) is 0 Å². The summed E-state index contributed by atoms with van der Waals surface area (Å²) in [6.07, 6.45) is 2.53. The topological polar surface area (TPSA) is 38.1 Å². The summed E-state index contributed by atoms with van der Waals surface area (Å²) in [7, 11) is 1.92. The second-order valence-corrected chi connectivity index (χ2v) is 1.84. The van der Waals surface area contributed by atoms with Gasteiger partial charge in [0.2, 0.25) is 0 Å². The normalized spacial score (nSPS) is 9.89. The molecule has 0 saturated heterocycles. The first-order valence-electron chi connectivity index (χ1n) is 2.97. The molecule has 0 aliphatic heterocycles. The Labute approximate surface area is 54.0 Å². The molecule has 3 nitrogen and oxygen atoms in total. The van der Waals surface area contributed by atoms with Gasteiger partial charge in [-0.1, -0.05) is 5.16 Å². The fourth-order valence-corrected chi connectivity index (χ4v) is 0.620. The maximum Gasteiger partial charge on any atom is 0.124 e. The zero-order valence-electron chi connectivity index (χ0n) is 5.42. The Kier molecular flexibility index (Phi) is 2.27. The van der Waals surface area contributed by atoms with Gasteiger partial charge in [-0.3, -0.25) is 0 Å². The van der Waals surface area contributed by atoms with Gasteiger partial charge in [-0.25, -0.2) is 0 Å². The predicted octanol–water partition coefficient (Wildman–Crippen LogP) is 0.436. The van der Waals surface area contributed by atoms with E-state index in [9.17, 15) is 0 Å². The summed E-state index contributed by atoms with van der Waals surface area (Å²) in [6, 6.07) is 1.87. The fourth-order valence-electron chi connectivity index (χ4n) is 0.620. The van der Waals surface area contributed by atoms with Gasteiger partial charge >= 0.3 is 0 Å². The summed E-state index contributed by atoms with van der Waals surface area (Å²) in [5, 5.41) is 6.76. The maximum atomic E-state index is 4.63. The Morgan fingerprint density at radius 2 is 2.67 bits per heavy atom. The largest absolute Gasteiger partial charge is 0.365 e. The van der Waals surface area contributed by atoms with Gasteiger partial charge in [0.25, 0.3) is 0 Å². The molecule has 0 aliphatic carbocycles. The summed E-state index contributed by atoms with van der Waals surface area (Å²) in [6.45, 7) is 0.951. The molecule has 0 amide bonds. The standard InChI is InChI=1S/C6H10N2O/c1-7-4-2-6-3-5-9-8-6/h3,5,7H,2,4H2,1H3. The number of hydrogen-bond donors (Lipinski definition) is 1. The maximum absolute atomic E-state index is 4.63. The van der Waals surface area contributed by atoms with Crippen LogP contribution in [0.3, 0.4) is 0 Å². The van der Waals surface area contributed by atoms with Crippen LogP contribution in [0.25, 0.3) is 0 Å². The molecule has 1 aromatic rings. The number of nitrogens with zero attached hydrogens (tertiary/aromatic N) is 1.